The largest absolute Gasteiger partial charge is 0.334 e. The van der Waals surface area contributed by atoms with E-state index in [1.165, 1.54) is 0 Å². The van der Waals surface area contributed by atoms with Crippen molar-refractivity contribution in [3.05, 3.63) is 30.0 Å². The van der Waals surface area contributed by atoms with Gasteiger partial charge < -0.3 is 9.88 Å². The first-order valence-corrected chi connectivity index (χ1v) is 5.74. The Morgan fingerprint density at radius 1 is 1.50 bits per heavy atom. The summed E-state index contributed by atoms with van der Waals surface area (Å²) in [7, 11) is 0. The number of carbonyl (C=O) groups is 1. The molecule has 3 nitrogen and oxygen atoms in total. The molecule has 0 spiro atoms. The Labute approximate surface area is 98.0 Å². The molecule has 0 saturated heterocycles. The highest BCUT2D eigenvalue weighted by Gasteiger charge is 2.24. The number of alkyl halides is 1. The first-order valence-electron chi connectivity index (χ1n) is 5.21. The van der Waals surface area contributed by atoms with Crippen molar-refractivity contribution in [2.75, 3.05) is 5.32 Å². The van der Waals surface area contributed by atoms with E-state index in [9.17, 15) is 4.79 Å². The van der Waals surface area contributed by atoms with Gasteiger partial charge in [0.2, 0.25) is 5.91 Å². The van der Waals surface area contributed by atoms with Crippen LogP contribution in [0.2, 0.25) is 0 Å². The summed E-state index contributed by atoms with van der Waals surface area (Å²) in [5.41, 5.74) is 2.97. The summed E-state index contributed by atoms with van der Waals surface area (Å²) in [5.74, 6) is 0.483. The van der Waals surface area contributed by atoms with Gasteiger partial charge in [-0.05, 0) is 30.7 Å². The zero-order valence-electron chi connectivity index (χ0n) is 8.83. The van der Waals surface area contributed by atoms with Crippen molar-refractivity contribution in [2.24, 2.45) is 0 Å². The van der Waals surface area contributed by atoms with E-state index in [0.717, 1.165) is 22.2 Å². The van der Waals surface area contributed by atoms with Gasteiger partial charge in [-0.15, -0.1) is 11.6 Å². The average molecular weight is 235 g/mol. The van der Waals surface area contributed by atoms with Gasteiger partial charge in [-0.3, -0.25) is 4.79 Å². The van der Waals surface area contributed by atoms with E-state index in [4.69, 9.17) is 11.6 Å². The van der Waals surface area contributed by atoms with Crippen LogP contribution in [0.25, 0.3) is 10.9 Å². The fourth-order valence-corrected chi connectivity index (χ4v) is 2.38. The van der Waals surface area contributed by atoms with Crippen LogP contribution in [0.15, 0.2) is 24.4 Å². The van der Waals surface area contributed by atoms with Crippen LogP contribution in [-0.4, -0.2) is 10.5 Å². The molecule has 0 fully saturated rings. The third-order valence-corrected chi connectivity index (χ3v) is 3.39. The summed E-state index contributed by atoms with van der Waals surface area (Å²) < 4.78 is 2.00. The predicted molar refractivity (Wildman–Crippen MR) is 64.8 cm³/mol. The van der Waals surface area contributed by atoms with Gasteiger partial charge in [0.15, 0.2) is 0 Å². The standard InChI is InChI=1S/C12H11ClN2O/c1-7-12(16)14-10-5-8(6-13)4-9-2-3-15(7)11(9)10/h2-5,7H,6H2,1H3,(H,14,16). The number of hydrogen-bond donors (Lipinski definition) is 1. The van der Waals surface area contributed by atoms with E-state index in [-0.39, 0.29) is 11.9 Å². The van der Waals surface area contributed by atoms with Crippen molar-refractivity contribution in [1.29, 1.82) is 0 Å². The van der Waals surface area contributed by atoms with E-state index in [1.807, 2.05) is 29.8 Å². The number of carbonyl (C=O) groups excluding carboxylic acids is 1. The number of nitrogens with zero attached hydrogens (tertiary/aromatic N) is 1. The van der Waals surface area contributed by atoms with E-state index in [2.05, 4.69) is 11.4 Å². The zero-order valence-corrected chi connectivity index (χ0v) is 9.58. The summed E-state index contributed by atoms with van der Waals surface area (Å²) >= 11 is 5.83. The van der Waals surface area contributed by atoms with Crippen LogP contribution in [0.3, 0.4) is 0 Å². The molecule has 2 aromatic rings. The average Bonchev–Trinajstić information content (AvgIpc) is 2.70. The third kappa shape index (κ3) is 1.18. The van der Waals surface area contributed by atoms with Crippen molar-refractivity contribution in [1.82, 2.24) is 4.57 Å². The van der Waals surface area contributed by atoms with E-state index in [1.54, 1.807) is 0 Å². The lowest BCUT2D eigenvalue weighted by molar-refractivity contribution is -0.118. The molecule has 16 heavy (non-hydrogen) atoms. The molecule has 4 heteroatoms. The number of aromatic nitrogens is 1. The van der Waals surface area contributed by atoms with Crippen LogP contribution >= 0.6 is 11.6 Å². The Morgan fingerprint density at radius 2 is 2.31 bits per heavy atom. The lowest BCUT2D eigenvalue weighted by Gasteiger charge is -2.23. The molecule has 0 saturated carbocycles. The summed E-state index contributed by atoms with van der Waals surface area (Å²) in [6.45, 7) is 1.90. The fraction of sp³-hybridized carbons (Fsp3) is 0.250. The molecule has 0 aliphatic carbocycles. The highest BCUT2D eigenvalue weighted by Crippen LogP contribution is 2.33. The third-order valence-electron chi connectivity index (χ3n) is 3.08. The molecule has 1 amide bonds. The molecule has 2 heterocycles. The Balaban J connectivity index is 2.35. The second kappa shape index (κ2) is 3.25. The predicted octanol–water partition coefficient (Wildman–Crippen LogP) is 2.89. The summed E-state index contributed by atoms with van der Waals surface area (Å²) in [6.07, 6.45) is 1.95. The fourth-order valence-electron chi connectivity index (χ4n) is 2.23. The van der Waals surface area contributed by atoms with Crippen LogP contribution in [-0.2, 0) is 10.7 Å². The maximum Gasteiger partial charge on any atom is 0.247 e. The SMILES string of the molecule is CC1C(=O)Nc2cc(CCl)cc3ccn1c23. The van der Waals surface area contributed by atoms with Crippen molar-refractivity contribution in [3.63, 3.8) is 0 Å². The minimum absolute atomic E-state index is 0.0247. The molecule has 1 aromatic heterocycles. The van der Waals surface area contributed by atoms with Gasteiger partial charge in [-0.2, -0.15) is 0 Å². The number of hydrogen-bond acceptors (Lipinski definition) is 1. The minimum atomic E-state index is -0.146. The second-order valence-electron chi connectivity index (χ2n) is 4.10. The topological polar surface area (TPSA) is 34.0 Å². The molecule has 1 N–H and O–H groups in total. The smallest absolute Gasteiger partial charge is 0.247 e. The Morgan fingerprint density at radius 3 is 3.06 bits per heavy atom. The van der Waals surface area contributed by atoms with Crippen LogP contribution in [0.5, 0.6) is 0 Å². The van der Waals surface area contributed by atoms with Gasteiger partial charge in [0.25, 0.3) is 0 Å². The van der Waals surface area contributed by atoms with Gasteiger partial charge in [-0.25, -0.2) is 0 Å². The highest BCUT2D eigenvalue weighted by atomic mass is 35.5. The Kier molecular flexibility index (Phi) is 1.98. The van der Waals surface area contributed by atoms with Gasteiger partial charge >= 0.3 is 0 Å². The van der Waals surface area contributed by atoms with Crippen molar-refractivity contribution >= 4 is 34.1 Å². The van der Waals surface area contributed by atoms with Crippen LogP contribution < -0.4 is 5.32 Å². The molecule has 0 bridgehead atoms. The number of amides is 1. The molecule has 1 aliphatic heterocycles. The van der Waals surface area contributed by atoms with Crippen LogP contribution in [0.4, 0.5) is 5.69 Å². The molecule has 1 aliphatic rings. The van der Waals surface area contributed by atoms with Gasteiger partial charge in [0.1, 0.15) is 6.04 Å². The number of anilines is 1. The molecule has 0 radical (unpaired) electrons. The zero-order chi connectivity index (χ0) is 11.3. The second-order valence-corrected chi connectivity index (χ2v) is 4.37. The summed E-state index contributed by atoms with van der Waals surface area (Å²) in [4.78, 5) is 11.7. The van der Waals surface area contributed by atoms with E-state index >= 15 is 0 Å². The summed E-state index contributed by atoms with van der Waals surface area (Å²) in [6, 6.07) is 5.88. The van der Waals surface area contributed by atoms with Gasteiger partial charge in [0, 0.05) is 17.5 Å². The molecule has 1 unspecified atom stereocenters. The molecule has 1 aromatic carbocycles. The van der Waals surface area contributed by atoms with Crippen LogP contribution in [0.1, 0.15) is 18.5 Å². The Hall–Kier alpha value is -1.48. The lowest BCUT2D eigenvalue weighted by Crippen LogP contribution is -2.27. The van der Waals surface area contributed by atoms with E-state index in [0.29, 0.717) is 5.88 Å². The summed E-state index contributed by atoms with van der Waals surface area (Å²) in [5, 5.41) is 4.04. The molecular weight excluding hydrogens is 224 g/mol. The minimum Gasteiger partial charge on any atom is -0.334 e. The molecule has 82 valence electrons. The van der Waals surface area contributed by atoms with Crippen molar-refractivity contribution in [3.8, 4) is 0 Å². The lowest BCUT2D eigenvalue weighted by atomic mass is 10.1. The highest BCUT2D eigenvalue weighted by molar-refractivity contribution is 6.17. The quantitative estimate of drug-likeness (QED) is 0.757. The first-order chi connectivity index (χ1) is 7.70. The normalized spacial score (nSPS) is 18.9. The van der Waals surface area contributed by atoms with Gasteiger partial charge in [-0.1, -0.05) is 0 Å². The van der Waals surface area contributed by atoms with Crippen molar-refractivity contribution in [2.45, 2.75) is 18.8 Å². The Bertz CT molecular complexity index is 588. The van der Waals surface area contributed by atoms with Crippen molar-refractivity contribution < 1.29 is 4.79 Å². The maximum absolute atomic E-state index is 11.7. The number of rotatable bonds is 1. The van der Waals surface area contributed by atoms with Gasteiger partial charge in [0.05, 0.1) is 11.2 Å². The maximum atomic E-state index is 11.7. The number of benzene rings is 1. The molecular formula is C12H11ClN2O. The van der Waals surface area contributed by atoms with E-state index < -0.39 is 0 Å². The molecule has 3 rings (SSSR count). The number of halogens is 1. The number of nitrogens with one attached hydrogen (secondary N) is 1. The monoisotopic (exact) mass is 234 g/mol. The van der Waals surface area contributed by atoms with Crippen LogP contribution in [0, 0.1) is 0 Å². The first kappa shape index (κ1) is 9.73. The molecule has 1 atom stereocenters.